The predicted molar refractivity (Wildman–Crippen MR) is 73.1 cm³/mol. The van der Waals surface area contributed by atoms with E-state index in [0.717, 1.165) is 16.4 Å². The van der Waals surface area contributed by atoms with Crippen LogP contribution < -0.4 is 4.31 Å². The lowest BCUT2D eigenvalue weighted by Gasteiger charge is -2.19. The van der Waals surface area contributed by atoms with Gasteiger partial charge in [0.2, 0.25) is 0 Å². The van der Waals surface area contributed by atoms with Crippen molar-refractivity contribution in [3.05, 3.63) is 59.9 Å². The maximum atomic E-state index is 12.8. The lowest BCUT2D eigenvalue weighted by atomic mass is 10.2. The number of halogens is 1. The van der Waals surface area contributed by atoms with Crippen LogP contribution in [-0.4, -0.2) is 15.5 Å². The molecule has 0 unspecified atom stereocenters. The average Bonchev–Trinajstić information content (AvgIpc) is 2.47. The molecule has 2 aromatic rings. The molecule has 20 heavy (non-hydrogen) atoms. The Balaban J connectivity index is 2.38. The molecule has 0 spiro atoms. The molecule has 0 heterocycles. The molecule has 6 heteroatoms. The highest BCUT2D eigenvalue weighted by Crippen LogP contribution is 2.22. The predicted octanol–water partition coefficient (Wildman–Crippen LogP) is 2.52. The average molecular weight is 290 g/mol. The highest BCUT2D eigenvalue weighted by Gasteiger charge is 2.21. The minimum Gasteiger partial charge on any atom is -0.269 e. The van der Waals surface area contributed by atoms with Gasteiger partial charge in [-0.2, -0.15) is 5.26 Å². The van der Waals surface area contributed by atoms with Crippen molar-refractivity contribution in [3.63, 3.8) is 0 Å². The second-order valence-electron chi connectivity index (χ2n) is 4.09. The van der Waals surface area contributed by atoms with Crippen LogP contribution in [0.4, 0.5) is 10.1 Å². The van der Waals surface area contributed by atoms with Gasteiger partial charge in [-0.05, 0) is 48.5 Å². The number of nitrogens with zero attached hydrogens (tertiary/aromatic N) is 2. The van der Waals surface area contributed by atoms with E-state index in [9.17, 15) is 12.8 Å². The molecule has 0 aromatic heterocycles. The van der Waals surface area contributed by atoms with E-state index in [2.05, 4.69) is 0 Å². The van der Waals surface area contributed by atoms with Crippen LogP contribution in [0.1, 0.15) is 5.56 Å². The Morgan fingerprint density at radius 2 is 1.60 bits per heavy atom. The standard InChI is InChI=1S/C14H11FN2O2S/c1-17(13-6-2-11(10-16)3-7-13)20(18,19)14-8-4-12(15)5-9-14/h2-9H,1H3. The molecule has 0 aliphatic rings. The first-order valence-electron chi connectivity index (χ1n) is 5.70. The third-order valence-electron chi connectivity index (χ3n) is 2.83. The SMILES string of the molecule is CN(c1ccc(C#N)cc1)S(=O)(=O)c1ccc(F)cc1. The lowest BCUT2D eigenvalue weighted by Crippen LogP contribution is -2.26. The van der Waals surface area contributed by atoms with Gasteiger partial charge in [0.05, 0.1) is 22.2 Å². The van der Waals surface area contributed by atoms with E-state index in [4.69, 9.17) is 5.26 Å². The summed E-state index contributed by atoms with van der Waals surface area (Å²) in [6, 6.07) is 12.7. The second kappa shape index (κ2) is 5.31. The first-order valence-corrected chi connectivity index (χ1v) is 7.14. The smallest absolute Gasteiger partial charge is 0.264 e. The second-order valence-corrected chi connectivity index (χ2v) is 6.05. The van der Waals surface area contributed by atoms with Crippen LogP contribution in [0.5, 0.6) is 0 Å². The van der Waals surface area contributed by atoms with E-state index < -0.39 is 15.8 Å². The van der Waals surface area contributed by atoms with E-state index in [0.29, 0.717) is 11.3 Å². The Kier molecular flexibility index (Phi) is 3.72. The van der Waals surface area contributed by atoms with Crippen LogP contribution in [0.2, 0.25) is 0 Å². The molecule has 0 bridgehead atoms. The van der Waals surface area contributed by atoms with Crippen molar-refractivity contribution in [1.29, 1.82) is 5.26 Å². The maximum Gasteiger partial charge on any atom is 0.264 e. The van der Waals surface area contributed by atoms with E-state index >= 15 is 0 Å². The summed E-state index contributed by atoms with van der Waals surface area (Å²) in [6.07, 6.45) is 0. The number of hydrogen-bond acceptors (Lipinski definition) is 3. The number of benzene rings is 2. The van der Waals surface area contributed by atoms with Crippen molar-refractivity contribution < 1.29 is 12.8 Å². The molecule has 2 aromatic carbocycles. The molecule has 0 saturated heterocycles. The molecule has 0 N–H and O–H groups in total. The van der Waals surface area contributed by atoms with Gasteiger partial charge in [-0.1, -0.05) is 0 Å². The zero-order valence-corrected chi connectivity index (χ0v) is 11.4. The molecule has 0 aliphatic carbocycles. The van der Waals surface area contributed by atoms with Gasteiger partial charge in [-0.3, -0.25) is 4.31 Å². The summed E-state index contributed by atoms with van der Waals surface area (Å²) in [5.74, 6) is -0.495. The summed E-state index contributed by atoms with van der Waals surface area (Å²) < 4.78 is 38.6. The first-order chi connectivity index (χ1) is 9.45. The van der Waals surface area contributed by atoms with Crippen molar-refractivity contribution in [3.8, 4) is 6.07 Å². The Morgan fingerprint density at radius 3 is 2.10 bits per heavy atom. The fourth-order valence-electron chi connectivity index (χ4n) is 1.65. The fraction of sp³-hybridized carbons (Fsp3) is 0.0714. The van der Waals surface area contributed by atoms with Gasteiger partial charge in [0.15, 0.2) is 0 Å². The Bertz CT molecular complexity index is 747. The van der Waals surface area contributed by atoms with Gasteiger partial charge < -0.3 is 0 Å². The van der Waals surface area contributed by atoms with Crippen LogP contribution in [-0.2, 0) is 10.0 Å². The topological polar surface area (TPSA) is 61.2 Å². The third kappa shape index (κ3) is 2.63. The number of hydrogen-bond donors (Lipinski definition) is 0. The molecule has 0 aliphatic heterocycles. The minimum atomic E-state index is -3.74. The van der Waals surface area contributed by atoms with Crippen LogP contribution in [0.15, 0.2) is 53.4 Å². The minimum absolute atomic E-state index is 0.00533. The van der Waals surface area contributed by atoms with Crippen LogP contribution in [0.3, 0.4) is 0 Å². The van der Waals surface area contributed by atoms with Gasteiger partial charge in [-0.25, -0.2) is 12.8 Å². The van der Waals surface area contributed by atoms with Crippen LogP contribution in [0.25, 0.3) is 0 Å². The van der Waals surface area contributed by atoms with Gasteiger partial charge in [-0.15, -0.1) is 0 Å². The molecule has 0 amide bonds. The van der Waals surface area contributed by atoms with E-state index in [1.807, 2.05) is 6.07 Å². The van der Waals surface area contributed by atoms with Crippen LogP contribution >= 0.6 is 0 Å². The van der Waals surface area contributed by atoms with E-state index in [-0.39, 0.29) is 4.90 Å². The molecule has 0 radical (unpaired) electrons. The Labute approximate surface area is 116 Å². The summed E-state index contributed by atoms with van der Waals surface area (Å²) in [5.41, 5.74) is 0.870. The monoisotopic (exact) mass is 290 g/mol. The number of sulfonamides is 1. The quantitative estimate of drug-likeness (QED) is 0.872. The highest BCUT2D eigenvalue weighted by atomic mass is 32.2. The molecule has 0 saturated carbocycles. The normalized spacial score (nSPS) is 10.8. The Morgan fingerprint density at radius 1 is 1.05 bits per heavy atom. The molecular weight excluding hydrogens is 279 g/mol. The summed E-state index contributed by atoms with van der Waals surface area (Å²) in [4.78, 5) is 0.00533. The Hall–Kier alpha value is -2.39. The molecule has 102 valence electrons. The van der Waals surface area contributed by atoms with E-state index in [1.165, 1.54) is 31.3 Å². The van der Waals surface area contributed by atoms with Gasteiger partial charge >= 0.3 is 0 Å². The van der Waals surface area contributed by atoms with Crippen molar-refractivity contribution >= 4 is 15.7 Å². The zero-order chi connectivity index (χ0) is 14.8. The first kappa shape index (κ1) is 14.0. The van der Waals surface area contributed by atoms with E-state index in [1.54, 1.807) is 12.1 Å². The number of anilines is 1. The van der Waals surface area contributed by atoms with Gasteiger partial charge in [0, 0.05) is 7.05 Å². The summed E-state index contributed by atoms with van der Waals surface area (Å²) in [6.45, 7) is 0. The maximum absolute atomic E-state index is 12.8. The third-order valence-corrected chi connectivity index (χ3v) is 4.63. The molecule has 0 atom stereocenters. The highest BCUT2D eigenvalue weighted by molar-refractivity contribution is 7.92. The number of rotatable bonds is 3. The molecule has 2 rings (SSSR count). The molecule has 4 nitrogen and oxygen atoms in total. The summed E-state index contributed by atoms with van der Waals surface area (Å²) >= 11 is 0. The van der Waals surface area contributed by atoms with Crippen molar-refractivity contribution in [2.45, 2.75) is 4.90 Å². The fourth-order valence-corrected chi connectivity index (χ4v) is 2.84. The van der Waals surface area contributed by atoms with Crippen molar-refractivity contribution in [2.24, 2.45) is 0 Å². The lowest BCUT2D eigenvalue weighted by molar-refractivity contribution is 0.593. The van der Waals surface area contributed by atoms with Crippen LogP contribution in [0, 0.1) is 17.1 Å². The summed E-state index contributed by atoms with van der Waals surface area (Å²) in [5, 5.41) is 8.71. The molecule has 0 fully saturated rings. The zero-order valence-electron chi connectivity index (χ0n) is 10.6. The van der Waals surface area contributed by atoms with Crippen molar-refractivity contribution in [1.82, 2.24) is 0 Å². The summed E-state index contributed by atoms with van der Waals surface area (Å²) in [7, 11) is -2.34. The van der Waals surface area contributed by atoms with Gasteiger partial charge in [0.25, 0.3) is 10.0 Å². The van der Waals surface area contributed by atoms with Crippen molar-refractivity contribution in [2.75, 3.05) is 11.4 Å². The number of nitriles is 1. The molecular formula is C14H11FN2O2S. The van der Waals surface area contributed by atoms with Gasteiger partial charge in [0.1, 0.15) is 5.82 Å². The largest absolute Gasteiger partial charge is 0.269 e.